The minimum absolute atomic E-state index is 0.495. The van der Waals surface area contributed by atoms with Crippen molar-refractivity contribution in [1.29, 1.82) is 0 Å². The standard InChI is InChI=1S/C9H15N3/c1-2-3-4-5-8-6-7-9(10)12-11-8/h6-7H,2-5H2,1H3,(H2,10,12). The van der Waals surface area contributed by atoms with Gasteiger partial charge >= 0.3 is 0 Å². The maximum absolute atomic E-state index is 5.41. The van der Waals surface area contributed by atoms with E-state index < -0.39 is 0 Å². The summed E-state index contributed by atoms with van der Waals surface area (Å²) in [6, 6.07) is 3.74. The van der Waals surface area contributed by atoms with Gasteiger partial charge in [0.05, 0.1) is 5.69 Å². The molecule has 0 saturated heterocycles. The molecule has 12 heavy (non-hydrogen) atoms. The lowest BCUT2D eigenvalue weighted by molar-refractivity contribution is 0.700. The fourth-order valence-electron chi connectivity index (χ4n) is 1.06. The van der Waals surface area contributed by atoms with Gasteiger partial charge in [0.15, 0.2) is 0 Å². The van der Waals surface area contributed by atoms with Crippen LogP contribution in [0.15, 0.2) is 12.1 Å². The van der Waals surface area contributed by atoms with Crippen molar-refractivity contribution >= 4 is 5.82 Å². The van der Waals surface area contributed by atoms with E-state index in [0.29, 0.717) is 5.82 Å². The summed E-state index contributed by atoms with van der Waals surface area (Å²) in [6.07, 6.45) is 4.70. The van der Waals surface area contributed by atoms with Gasteiger partial charge in [-0.3, -0.25) is 0 Å². The summed E-state index contributed by atoms with van der Waals surface area (Å²) >= 11 is 0. The van der Waals surface area contributed by atoms with E-state index in [2.05, 4.69) is 17.1 Å². The van der Waals surface area contributed by atoms with Crippen LogP contribution in [0.1, 0.15) is 31.9 Å². The van der Waals surface area contributed by atoms with Crippen LogP contribution in [0, 0.1) is 0 Å². The molecule has 0 aromatic carbocycles. The predicted molar refractivity (Wildman–Crippen MR) is 49.7 cm³/mol. The molecule has 0 spiro atoms. The van der Waals surface area contributed by atoms with Crippen LogP contribution in [-0.2, 0) is 6.42 Å². The highest BCUT2D eigenvalue weighted by Gasteiger charge is 1.94. The zero-order chi connectivity index (χ0) is 8.81. The third-order valence-corrected chi connectivity index (χ3v) is 1.78. The Balaban J connectivity index is 2.37. The third kappa shape index (κ3) is 2.86. The highest BCUT2D eigenvalue weighted by molar-refractivity contribution is 5.25. The number of aryl methyl sites for hydroxylation is 1. The summed E-state index contributed by atoms with van der Waals surface area (Å²) < 4.78 is 0. The van der Waals surface area contributed by atoms with Gasteiger partial charge in [0, 0.05) is 0 Å². The summed E-state index contributed by atoms with van der Waals surface area (Å²) in [6.45, 7) is 2.19. The molecule has 0 aliphatic heterocycles. The number of unbranched alkanes of at least 4 members (excludes halogenated alkanes) is 2. The number of hydrogen-bond donors (Lipinski definition) is 1. The first-order valence-corrected chi connectivity index (χ1v) is 4.41. The van der Waals surface area contributed by atoms with Crippen LogP contribution in [0.5, 0.6) is 0 Å². The van der Waals surface area contributed by atoms with E-state index >= 15 is 0 Å². The molecular formula is C9H15N3. The highest BCUT2D eigenvalue weighted by atomic mass is 15.1. The molecule has 2 N–H and O–H groups in total. The van der Waals surface area contributed by atoms with Crippen LogP contribution in [0.3, 0.4) is 0 Å². The van der Waals surface area contributed by atoms with Crippen molar-refractivity contribution in [3.8, 4) is 0 Å². The Morgan fingerprint density at radius 3 is 2.67 bits per heavy atom. The average Bonchev–Trinajstić information content (AvgIpc) is 2.09. The molecule has 0 aliphatic rings. The number of nitrogens with zero attached hydrogens (tertiary/aromatic N) is 2. The number of aromatic nitrogens is 2. The summed E-state index contributed by atoms with van der Waals surface area (Å²) in [4.78, 5) is 0. The fourth-order valence-corrected chi connectivity index (χ4v) is 1.06. The average molecular weight is 165 g/mol. The summed E-state index contributed by atoms with van der Waals surface area (Å²) in [5.41, 5.74) is 6.45. The van der Waals surface area contributed by atoms with E-state index in [9.17, 15) is 0 Å². The summed E-state index contributed by atoms with van der Waals surface area (Å²) in [7, 11) is 0. The Morgan fingerprint density at radius 2 is 2.08 bits per heavy atom. The zero-order valence-electron chi connectivity index (χ0n) is 7.45. The molecule has 0 bridgehead atoms. The second-order valence-corrected chi connectivity index (χ2v) is 2.91. The lowest BCUT2D eigenvalue weighted by Gasteiger charge is -1.98. The van der Waals surface area contributed by atoms with Crippen molar-refractivity contribution in [3.05, 3.63) is 17.8 Å². The van der Waals surface area contributed by atoms with Crippen molar-refractivity contribution in [2.24, 2.45) is 0 Å². The molecule has 3 heteroatoms. The van der Waals surface area contributed by atoms with Crippen molar-refractivity contribution in [1.82, 2.24) is 10.2 Å². The molecule has 0 aliphatic carbocycles. The Labute approximate surface area is 73.0 Å². The lowest BCUT2D eigenvalue weighted by atomic mass is 10.1. The Morgan fingerprint density at radius 1 is 1.25 bits per heavy atom. The molecule has 3 nitrogen and oxygen atoms in total. The van der Waals surface area contributed by atoms with Crippen LogP contribution in [0.25, 0.3) is 0 Å². The fraction of sp³-hybridized carbons (Fsp3) is 0.556. The van der Waals surface area contributed by atoms with Gasteiger partial charge in [-0.15, -0.1) is 5.10 Å². The number of nitrogen functional groups attached to an aromatic ring is 1. The molecule has 0 fully saturated rings. The van der Waals surface area contributed by atoms with Crippen LogP contribution < -0.4 is 5.73 Å². The second-order valence-electron chi connectivity index (χ2n) is 2.91. The molecule has 0 atom stereocenters. The molecule has 1 heterocycles. The van der Waals surface area contributed by atoms with Crippen molar-refractivity contribution in [2.75, 3.05) is 5.73 Å². The van der Waals surface area contributed by atoms with E-state index in [4.69, 9.17) is 5.73 Å². The Hall–Kier alpha value is -1.12. The van der Waals surface area contributed by atoms with Crippen LogP contribution in [0.2, 0.25) is 0 Å². The molecular weight excluding hydrogens is 150 g/mol. The Bertz CT molecular complexity index is 218. The van der Waals surface area contributed by atoms with E-state index in [-0.39, 0.29) is 0 Å². The third-order valence-electron chi connectivity index (χ3n) is 1.78. The van der Waals surface area contributed by atoms with Crippen LogP contribution >= 0.6 is 0 Å². The first-order chi connectivity index (χ1) is 5.83. The minimum atomic E-state index is 0.495. The molecule has 1 aromatic heterocycles. The molecule has 0 unspecified atom stereocenters. The SMILES string of the molecule is CCCCCc1ccc(N)nn1. The number of hydrogen-bond acceptors (Lipinski definition) is 3. The maximum atomic E-state index is 5.41. The monoisotopic (exact) mass is 165 g/mol. The van der Waals surface area contributed by atoms with Gasteiger partial charge in [0.1, 0.15) is 5.82 Å². The van der Waals surface area contributed by atoms with E-state index in [1.807, 2.05) is 6.07 Å². The molecule has 1 aromatic rings. The number of nitrogens with two attached hydrogens (primary N) is 1. The van der Waals surface area contributed by atoms with Crippen LogP contribution in [0.4, 0.5) is 5.82 Å². The smallest absolute Gasteiger partial charge is 0.146 e. The van der Waals surface area contributed by atoms with Gasteiger partial charge in [-0.1, -0.05) is 19.8 Å². The molecule has 0 amide bonds. The van der Waals surface area contributed by atoms with Gasteiger partial charge in [-0.25, -0.2) is 0 Å². The largest absolute Gasteiger partial charge is 0.382 e. The summed E-state index contributed by atoms with van der Waals surface area (Å²) in [5.74, 6) is 0.495. The van der Waals surface area contributed by atoms with Crippen molar-refractivity contribution < 1.29 is 0 Å². The van der Waals surface area contributed by atoms with Crippen molar-refractivity contribution in [2.45, 2.75) is 32.6 Å². The van der Waals surface area contributed by atoms with Crippen molar-refractivity contribution in [3.63, 3.8) is 0 Å². The second kappa shape index (κ2) is 4.70. The lowest BCUT2D eigenvalue weighted by Crippen LogP contribution is -1.96. The highest BCUT2D eigenvalue weighted by Crippen LogP contribution is 2.03. The first-order valence-electron chi connectivity index (χ1n) is 4.41. The topological polar surface area (TPSA) is 51.8 Å². The van der Waals surface area contributed by atoms with Crippen LogP contribution in [-0.4, -0.2) is 10.2 Å². The van der Waals surface area contributed by atoms with Gasteiger partial charge < -0.3 is 5.73 Å². The molecule has 0 saturated carbocycles. The van der Waals surface area contributed by atoms with Gasteiger partial charge in [0.25, 0.3) is 0 Å². The number of rotatable bonds is 4. The number of anilines is 1. The zero-order valence-corrected chi connectivity index (χ0v) is 7.45. The van der Waals surface area contributed by atoms with E-state index in [0.717, 1.165) is 12.1 Å². The first kappa shape index (κ1) is 8.97. The predicted octanol–water partition coefficient (Wildman–Crippen LogP) is 1.79. The van der Waals surface area contributed by atoms with E-state index in [1.54, 1.807) is 6.07 Å². The molecule has 1 rings (SSSR count). The maximum Gasteiger partial charge on any atom is 0.146 e. The van der Waals surface area contributed by atoms with Gasteiger partial charge in [0.2, 0.25) is 0 Å². The molecule has 0 radical (unpaired) electrons. The summed E-state index contributed by atoms with van der Waals surface area (Å²) in [5, 5.41) is 7.76. The quantitative estimate of drug-likeness (QED) is 0.692. The van der Waals surface area contributed by atoms with Gasteiger partial charge in [-0.05, 0) is 25.0 Å². The van der Waals surface area contributed by atoms with E-state index in [1.165, 1.54) is 19.3 Å². The molecule has 66 valence electrons. The Kier molecular flexibility index (Phi) is 3.51. The van der Waals surface area contributed by atoms with Gasteiger partial charge in [-0.2, -0.15) is 5.10 Å². The minimum Gasteiger partial charge on any atom is -0.382 e. The normalized spacial score (nSPS) is 10.1.